The molecule has 0 aromatic carbocycles. The quantitative estimate of drug-likeness (QED) is 0.800. The fourth-order valence-electron chi connectivity index (χ4n) is 2.90. The first-order chi connectivity index (χ1) is 10.7. The number of carbonyl (C=O) groups is 1. The largest absolute Gasteiger partial charge is 0.382 e. The summed E-state index contributed by atoms with van der Waals surface area (Å²) < 4.78 is 5.31. The Morgan fingerprint density at radius 1 is 1.41 bits per heavy atom. The summed E-state index contributed by atoms with van der Waals surface area (Å²) in [5.74, 6) is 0. The lowest BCUT2D eigenvalue weighted by atomic mass is 10.1. The number of ether oxygens (including phenoxy) is 1. The van der Waals surface area contributed by atoms with Crippen molar-refractivity contribution in [3.8, 4) is 0 Å². The smallest absolute Gasteiger partial charge is 0.317 e. The zero-order chi connectivity index (χ0) is 15.8. The molecule has 22 heavy (non-hydrogen) atoms. The monoisotopic (exact) mass is 324 g/mol. The first-order valence-corrected chi connectivity index (χ1v) is 9.22. The molecule has 0 radical (unpaired) electrons. The maximum atomic E-state index is 12.6. The van der Waals surface area contributed by atoms with Gasteiger partial charge in [0.2, 0.25) is 0 Å². The van der Waals surface area contributed by atoms with E-state index in [-0.39, 0.29) is 12.1 Å². The van der Waals surface area contributed by atoms with Crippen molar-refractivity contribution < 1.29 is 9.53 Å². The predicted molar refractivity (Wildman–Crippen MR) is 91.5 cm³/mol. The Morgan fingerprint density at radius 2 is 2.27 bits per heavy atom. The van der Waals surface area contributed by atoms with E-state index < -0.39 is 0 Å². The van der Waals surface area contributed by atoms with Crippen molar-refractivity contribution in [3.05, 3.63) is 21.9 Å². The molecule has 1 aliphatic rings. The summed E-state index contributed by atoms with van der Waals surface area (Å²) in [5, 5.41) is 3.06. The van der Waals surface area contributed by atoms with Crippen LogP contribution in [0.25, 0.3) is 0 Å². The number of amides is 2. The van der Waals surface area contributed by atoms with Gasteiger partial charge in [-0.2, -0.15) is 0 Å². The summed E-state index contributed by atoms with van der Waals surface area (Å²) in [6.07, 6.45) is 5.47. The topological polar surface area (TPSA) is 41.6 Å². The van der Waals surface area contributed by atoms with Crippen molar-refractivity contribution >= 4 is 17.4 Å². The lowest BCUT2D eigenvalue weighted by molar-refractivity contribution is 0.142. The summed E-state index contributed by atoms with van der Waals surface area (Å²) >= 11 is 1.82. The van der Waals surface area contributed by atoms with Crippen molar-refractivity contribution in [1.82, 2.24) is 10.2 Å². The van der Waals surface area contributed by atoms with Gasteiger partial charge in [0, 0.05) is 36.1 Å². The van der Waals surface area contributed by atoms with Gasteiger partial charge >= 0.3 is 6.03 Å². The van der Waals surface area contributed by atoms with Gasteiger partial charge in [0.1, 0.15) is 0 Å². The average molecular weight is 324 g/mol. The zero-order valence-electron chi connectivity index (χ0n) is 13.8. The molecule has 2 heterocycles. The van der Waals surface area contributed by atoms with Gasteiger partial charge < -0.3 is 15.0 Å². The van der Waals surface area contributed by atoms with Crippen LogP contribution < -0.4 is 5.32 Å². The minimum absolute atomic E-state index is 0.0782. The molecule has 1 saturated heterocycles. The summed E-state index contributed by atoms with van der Waals surface area (Å²) in [6, 6.07) is 4.66. The molecule has 0 spiro atoms. The molecule has 0 saturated carbocycles. The number of carbonyl (C=O) groups excluding carboxylic acids is 1. The van der Waals surface area contributed by atoms with Gasteiger partial charge in [-0.15, -0.1) is 11.3 Å². The molecule has 1 aliphatic heterocycles. The third-order valence-electron chi connectivity index (χ3n) is 4.05. The second kappa shape index (κ2) is 9.16. The summed E-state index contributed by atoms with van der Waals surface area (Å²) in [5.41, 5.74) is 0. The number of hydrogen-bond donors (Lipinski definition) is 1. The minimum Gasteiger partial charge on any atom is -0.382 e. The fourth-order valence-corrected chi connectivity index (χ4v) is 3.92. The molecule has 0 bridgehead atoms. The highest BCUT2D eigenvalue weighted by molar-refractivity contribution is 7.12. The maximum Gasteiger partial charge on any atom is 0.317 e. The highest BCUT2D eigenvalue weighted by Gasteiger charge is 2.27. The van der Waals surface area contributed by atoms with E-state index in [1.807, 2.05) is 23.2 Å². The average Bonchev–Trinajstić information content (AvgIpc) is 2.80. The molecule has 5 heteroatoms. The Kier molecular flexibility index (Phi) is 7.19. The third-order valence-corrected chi connectivity index (χ3v) is 5.15. The molecule has 0 aliphatic carbocycles. The van der Waals surface area contributed by atoms with Gasteiger partial charge in [-0.25, -0.2) is 4.79 Å². The van der Waals surface area contributed by atoms with Crippen molar-refractivity contribution in [3.63, 3.8) is 0 Å². The molecule has 1 aromatic rings. The number of hydrogen-bond acceptors (Lipinski definition) is 3. The van der Waals surface area contributed by atoms with Crippen LogP contribution in [-0.2, 0) is 4.74 Å². The number of nitrogens with zero attached hydrogens (tertiary/aromatic N) is 1. The van der Waals surface area contributed by atoms with Crippen LogP contribution in [0.15, 0.2) is 12.1 Å². The molecular formula is C17H28N2O2S. The molecule has 1 N–H and O–H groups in total. The van der Waals surface area contributed by atoms with E-state index in [9.17, 15) is 4.79 Å². The summed E-state index contributed by atoms with van der Waals surface area (Å²) in [4.78, 5) is 17.2. The van der Waals surface area contributed by atoms with Crippen LogP contribution >= 0.6 is 11.3 Å². The van der Waals surface area contributed by atoms with E-state index >= 15 is 0 Å². The van der Waals surface area contributed by atoms with E-state index in [0.717, 1.165) is 32.4 Å². The van der Waals surface area contributed by atoms with Gasteiger partial charge in [-0.1, -0.05) is 12.8 Å². The Labute approximate surface area is 137 Å². The third kappa shape index (κ3) is 4.99. The van der Waals surface area contributed by atoms with Gasteiger partial charge in [0.05, 0.1) is 6.04 Å². The highest BCUT2D eigenvalue weighted by atomic mass is 32.1. The Hall–Kier alpha value is -1.07. The number of urea groups is 1. The van der Waals surface area contributed by atoms with E-state index in [4.69, 9.17) is 4.74 Å². The first kappa shape index (κ1) is 17.3. The van der Waals surface area contributed by atoms with Crippen LogP contribution in [0.3, 0.4) is 0 Å². The molecule has 2 amide bonds. The Bertz CT molecular complexity index is 461. The Balaban J connectivity index is 1.93. The molecular weight excluding hydrogens is 296 g/mol. The van der Waals surface area contributed by atoms with Crippen LogP contribution in [0.1, 0.15) is 54.8 Å². The van der Waals surface area contributed by atoms with Crippen molar-refractivity contribution in [1.29, 1.82) is 0 Å². The number of aryl methyl sites for hydroxylation is 1. The zero-order valence-corrected chi connectivity index (χ0v) is 14.6. The second-order valence-electron chi connectivity index (χ2n) is 5.79. The summed E-state index contributed by atoms with van der Waals surface area (Å²) in [6.45, 7) is 7.11. The molecule has 1 aromatic heterocycles. The minimum atomic E-state index is 0.0782. The van der Waals surface area contributed by atoms with Crippen molar-refractivity contribution in [2.45, 2.75) is 52.0 Å². The number of thiophene rings is 1. The van der Waals surface area contributed by atoms with E-state index in [1.54, 1.807) is 0 Å². The van der Waals surface area contributed by atoms with Crippen LogP contribution in [0.2, 0.25) is 0 Å². The standard InChI is InChI=1S/C17H28N2O2S/c1-3-21-13-7-11-18-17(20)19-12-6-4-5-8-15(19)16-10-9-14(2)22-16/h9-10,15H,3-8,11-13H2,1-2H3,(H,18,20)/t15-/m1/s1. The van der Waals surface area contributed by atoms with Crippen LogP contribution in [0.4, 0.5) is 4.79 Å². The van der Waals surface area contributed by atoms with E-state index in [0.29, 0.717) is 13.2 Å². The lowest BCUT2D eigenvalue weighted by Crippen LogP contribution is -2.42. The number of likely N-dealkylation sites (tertiary alicyclic amines) is 1. The maximum absolute atomic E-state index is 12.6. The highest BCUT2D eigenvalue weighted by Crippen LogP contribution is 2.34. The number of nitrogens with one attached hydrogen (secondary N) is 1. The van der Waals surface area contributed by atoms with Crippen molar-refractivity contribution in [2.75, 3.05) is 26.3 Å². The molecule has 124 valence electrons. The van der Waals surface area contributed by atoms with Crippen LogP contribution in [-0.4, -0.2) is 37.2 Å². The normalized spacial score (nSPS) is 19.0. The predicted octanol–water partition coefficient (Wildman–Crippen LogP) is 4.11. The second-order valence-corrected chi connectivity index (χ2v) is 7.11. The number of rotatable bonds is 6. The van der Waals surface area contributed by atoms with Crippen molar-refractivity contribution in [2.24, 2.45) is 0 Å². The van der Waals surface area contributed by atoms with Gasteiger partial charge in [0.25, 0.3) is 0 Å². The SMILES string of the molecule is CCOCCCNC(=O)N1CCCCC[C@@H]1c1ccc(C)s1. The Morgan fingerprint density at radius 3 is 3.00 bits per heavy atom. The molecule has 4 nitrogen and oxygen atoms in total. The van der Waals surface area contributed by atoms with Gasteiger partial charge in [-0.05, 0) is 45.2 Å². The summed E-state index contributed by atoms with van der Waals surface area (Å²) in [7, 11) is 0. The van der Waals surface area contributed by atoms with E-state index in [2.05, 4.69) is 24.4 Å². The molecule has 2 rings (SSSR count). The fraction of sp³-hybridized carbons (Fsp3) is 0.706. The molecule has 1 fully saturated rings. The van der Waals surface area contributed by atoms with Gasteiger partial charge in [0.15, 0.2) is 0 Å². The first-order valence-electron chi connectivity index (χ1n) is 8.41. The van der Waals surface area contributed by atoms with Gasteiger partial charge in [-0.3, -0.25) is 0 Å². The van der Waals surface area contributed by atoms with Crippen LogP contribution in [0, 0.1) is 6.92 Å². The molecule has 1 atom stereocenters. The molecule has 0 unspecified atom stereocenters. The van der Waals surface area contributed by atoms with Crippen LogP contribution in [0.5, 0.6) is 0 Å². The van der Waals surface area contributed by atoms with E-state index in [1.165, 1.54) is 22.6 Å². The lowest BCUT2D eigenvalue weighted by Gasteiger charge is -2.29.